The molecule has 0 radical (unpaired) electrons. The summed E-state index contributed by atoms with van der Waals surface area (Å²) in [5.41, 5.74) is 0. The van der Waals surface area contributed by atoms with Gasteiger partial charge in [0.2, 0.25) is 0 Å². The normalized spacial score (nSPS) is 20.1. The van der Waals surface area contributed by atoms with E-state index in [0.717, 1.165) is 26.2 Å². The van der Waals surface area contributed by atoms with E-state index in [2.05, 4.69) is 12.2 Å². The van der Waals surface area contributed by atoms with Gasteiger partial charge in [-0.05, 0) is 25.1 Å². The Kier molecular flexibility index (Phi) is 6.24. The van der Waals surface area contributed by atoms with Gasteiger partial charge in [0.25, 0.3) is 0 Å². The van der Waals surface area contributed by atoms with Gasteiger partial charge in [0.1, 0.15) is 6.61 Å². The van der Waals surface area contributed by atoms with Crippen molar-refractivity contribution >= 4 is 34.8 Å². The van der Waals surface area contributed by atoms with Crippen LogP contribution in [0.2, 0.25) is 15.1 Å². The number of hydrogen-bond acceptors (Lipinski definition) is 3. The van der Waals surface area contributed by atoms with Crippen LogP contribution in [0, 0.1) is 5.92 Å². The first-order valence-corrected chi connectivity index (χ1v) is 7.83. The minimum Gasteiger partial charge on any atom is -0.489 e. The molecule has 0 amide bonds. The van der Waals surface area contributed by atoms with Crippen LogP contribution in [0.1, 0.15) is 13.3 Å². The van der Waals surface area contributed by atoms with Crippen molar-refractivity contribution in [3.63, 3.8) is 0 Å². The van der Waals surface area contributed by atoms with Gasteiger partial charge in [-0.1, -0.05) is 41.7 Å². The zero-order valence-corrected chi connectivity index (χ0v) is 13.6. The molecule has 0 saturated carbocycles. The first kappa shape index (κ1) is 16.2. The fourth-order valence-corrected chi connectivity index (χ4v) is 3.26. The van der Waals surface area contributed by atoms with Crippen molar-refractivity contribution < 1.29 is 9.47 Å². The van der Waals surface area contributed by atoms with Gasteiger partial charge < -0.3 is 14.8 Å². The Labute approximate surface area is 134 Å². The lowest BCUT2D eigenvalue weighted by Gasteiger charge is -2.24. The van der Waals surface area contributed by atoms with Gasteiger partial charge >= 0.3 is 0 Å². The molecule has 1 saturated heterocycles. The molecule has 1 aliphatic heterocycles. The van der Waals surface area contributed by atoms with Gasteiger partial charge in [-0.2, -0.15) is 0 Å². The molecule has 2 atom stereocenters. The van der Waals surface area contributed by atoms with Crippen molar-refractivity contribution in [1.82, 2.24) is 5.32 Å². The highest BCUT2D eigenvalue weighted by atomic mass is 35.5. The molecule has 2 rings (SSSR count). The van der Waals surface area contributed by atoms with Crippen LogP contribution in [-0.2, 0) is 4.74 Å². The molecule has 1 aromatic rings. The Bertz CT molecular complexity index is 427. The Morgan fingerprint density at radius 2 is 2.05 bits per heavy atom. The van der Waals surface area contributed by atoms with E-state index in [1.54, 1.807) is 12.1 Å². The molecule has 1 N–H and O–H groups in total. The van der Waals surface area contributed by atoms with Crippen LogP contribution in [0.25, 0.3) is 0 Å². The minimum atomic E-state index is 0.227. The van der Waals surface area contributed by atoms with Crippen LogP contribution >= 0.6 is 34.8 Å². The SMILES string of the molecule is CCNC(COc1c(Cl)cc(Cl)cc1Cl)C1CCOC1. The van der Waals surface area contributed by atoms with Gasteiger partial charge in [-0.3, -0.25) is 0 Å². The summed E-state index contributed by atoms with van der Waals surface area (Å²) in [4.78, 5) is 0. The van der Waals surface area contributed by atoms with E-state index >= 15 is 0 Å². The summed E-state index contributed by atoms with van der Waals surface area (Å²) in [6.07, 6.45) is 1.04. The van der Waals surface area contributed by atoms with Crippen LogP contribution in [0.4, 0.5) is 0 Å². The smallest absolute Gasteiger partial charge is 0.156 e. The van der Waals surface area contributed by atoms with Gasteiger partial charge in [-0.25, -0.2) is 0 Å². The molecular formula is C14H18Cl3NO2. The van der Waals surface area contributed by atoms with Gasteiger partial charge in [0.05, 0.1) is 16.7 Å². The van der Waals surface area contributed by atoms with E-state index in [1.807, 2.05) is 0 Å². The van der Waals surface area contributed by atoms with Crippen LogP contribution in [0.5, 0.6) is 5.75 Å². The zero-order chi connectivity index (χ0) is 14.5. The van der Waals surface area contributed by atoms with Crippen LogP contribution in [-0.4, -0.2) is 32.4 Å². The van der Waals surface area contributed by atoms with Crippen LogP contribution in [0.3, 0.4) is 0 Å². The van der Waals surface area contributed by atoms with Crippen molar-refractivity contribution in [2.75, 3.05) is 26.4 Å². The first-order valence-electron chi connectivity index (χ1n) is 6.70. The summed E-state index contributed by atoms with van der Waals surface area (Å²) in [7, 11) is 0. The summed E-state index contributed by atoms with van der Waals surface area (Å²) in [5, 5.41) is 4.79. The molecule has 0 aromatic heterocycles. The molecule has 1 aromatic carbocycles. The molecule has 6 heteroatoms. The standard InChI is InChI=1S/C14H18Cl3NO2/c1-2-18-13(9-3-4-19-7-9)8-20-14-11(16)5-10(15)6-12(14)17/h5-6,9,13,18H,2-4,7-8H2,1H3. The maximum absolute atomic E-state index is 6.12. The largest absolute Gasteiger partial charge is 0.489 e. The zero-order valence-electron chi connectivity index (χ0n) is 11.3. The Morgan fingerprint density at radius 3 is 2.60 bits per heavy atom. The number of benzene rings is 1. The number of ether oxygens (including phenoxy) is 2. The highest BCUT2D eigenvalue weighted by molar-refractivity contribution is 6.40. The fourth-order valence-electron chi connectivity index (χ4n) is 2.33. The summed E-state index contributed by atoms with van der Waals surface area (Å²) in [5.74, 6) is 0.944. The van der Waals surface area contributed by atoms with Crippen molar-refractivity contribution in [1.29, 1.82) is 0 Å². The second-order valence-corrected chi connectivity index (χ2v) is 6.05. The van der Waals surface area contributed by atoms with Crippen molar-refractivity contribution in [2.24, 2.45) is 5.92 Å². The third-order valence-electron chi connectivity index (χ3n) is 3.37. The lowest BCUT2D eigenvalue weighted by atomic mass is 10.00. The molecule has 0 bridgehead atoms. The maximum Gasteiger partial charge on any atom is 0.156 e. The number of rotatable bonds is 6. The molecule has 1 heterocycles. The third kappa shape index (κ3) is 4.15. The fraction of sp³-hybridized carbons (Fsp3) is 0.571. The lowest BCUT2D eigenvalue weighted by molar-refractivity contribution is 0.161. The van der Waals surface area contributed by atoms with Crippen molar-refractivity contribution in [3.8, 4) is 5.75 Å². The van der Waals surface area contributed by atoms with Crippen molar-refractivity contribution in [3.05, 3.63) is 27.2 Å². The quantitative estimate of drug-likeness (QED) is 0.849. The highest BCUT2D eigenvalue weighted by Gasteiger charge is 2.26. The summed E-state index contributed by atoms with van der Waals surface area (Å²) < 4.78 is 11.2. The molecule has 112 valence electrons. The van der Waals surface area contributed by atoms with Gasteiger partial charge in [0, 0.05) is 23.6 Å². The van der Waals surface area contributed by atoms with Crippen LogP contribution < -0.4 is 10.1 Å². The first-order chi connectivity index (χ1) is 9.61. The molecule has 0 aliphatic carbocycles. The minimum absolute atomic E-state index is 0.227. The third-order valence-corrected chi connectivity index (χ3v) is 4.15. The summed E-state index contributed by atoms with van der Waals surface area (Å²) >= 11 is 18.1. The van der Waals surface area contributed by atoms with E-state index in [0.29, 0.717) is 33.3 Å². The maximum atomic E-state index is 6.12. The Balaban J connectivity index is 2.01. The lowest BCUT2D eigenvalue weighted by Crippen LogP contribution is -2.41. The molecule has 0 spiro atoms. The van der Waals surface area contributed by atoms with Crippen molar-refractivity contribution in [2.45, 2.75) is 19.4 Å². The highest BCUT2D eigenvalue weighted by Crippen LogP contribution is 2.36. The predicted octanol–water partition coefficient (Wildman–Crippen LogP) is 4.04. The molecule has 1 aliphatic rings. The second-order valence-electron chi connectivity index (χ2n) is 4.80. The molecule has 2 unspecified atom stereocenters. The Hall–Kier alpha value is -0.190. The Morgan fingerprint density at radius 1 is 1.35 bits per heavy atom. The van der Waals surface area contributed by atoms with Gasteiger partial charge in [-0.15, -0.1) is 0 Å². The number of hydrogen-bond donors (Lipinski definition) is 1. The average Bonchev–Trinajstić information content (AvgIpc) is 2.89. The van der Waals surface area contributed by atoms with Gasteiger partial charge in [0.15, 0.2) is 5.75 Å². The van der Waals surface area contributed by atoms with E-state index in [4.69, 9.17) is 44.3 Å². The van der Waals surface area contributed by atoms with E-state index in [-0.39, 0.29) is 6.04 Å². The number of likely N-dealkylation sites (N-methyl/N-ethyl adjacent to an activating group) is 1. The molecule has 3 nitrogen and oxygen atoms in total. The number of halogens is 3. The summed E-state index contributed by atoms with van der Waals surface area (Å²) in [6, 6.07) is 3.49. The second kappa shape index (κ2) is 7.71. The predicted molar refractivity (Wildman–Crippen MR) is 83.4 cm³/mol. The monoisotopic (exact) mass is 337 g/mol. The molecular weight excluding hydrogens is 321 g/mol. The molecule has 20 heavy (non-hydrogen) atoms. The van der Waals surface area contributed by atoms with E-state index in [9.17, 15) is 0 Å². The average molecular weight is 339 g/mol. The van der Waals surface area contributed by atoms with E-state index < -0.39 is 0 Å². The van der Waals surface area contributed by atoms with Crippen LogP contribution in [0.15, 0.2) is 12.1 Å². The molecule has 1 fully saturated rings. The number of nitrogens with one attached hydrogen (secondary N) is 1. The van der Waals surface area contributed by atoms with E-state index in [1.165, 1.54) is 0 Å². The topological polar surface area (TPSA) is 30.5 Å². The summed E-state index contributed by atoms with van der Waals surface area (Å²) in [6.45, 7) is 5.04.